The number of nitrogens with one attached hydrogen (secondary N) is 1. The molecule has 1 aliphatic rings. The molecule has 1 aliphatic heterocycles. The third-order valence-corrected chi connectivity index (χ3v) is 5.26. The fraction of sp³-hybridized carbons (Fsp3) is 0.333. The molecule has 3 aromatic rings. The molecule has 0 amide bonds. The summed E-state index contributed by atoms with van der Waals surface area (Å²) >= 11 is 0. The van der Waals surface area contributed by atoms with Crippen LogP contribution < -0.4 is 10.1 Å². The van der Waals surface area contributed by atoms with E-state index in [9.17, 15) is 0 Å². The quantitative estimate of drug-likeness (QED) is 0.525. The Morgan fingerprint density at radius 1 is 1.07 bits per heavy atom. The molecule has 1 aromatic heterocycles. The molecular formula is C24H28N4O. The Labute approximate surface area is 172 Å². The molecule has 0 spiro atoms. The summed E-state index contributed by atoms with van der Waals surface area (Å²) in [6.45, 7) is 5.51. The fourth-order valence-corrected chi connectivity index (χ4v) is 3.76. The maximum absolute atomic E-state index is 6.13. The van der Waals surface area contributed by atoms with E-state index in [0.717, 1.165) is 49.7 Å². The van der Waals surface area contributed by atoms with Crippen molar-refractivity contribution in [2.45, 2.75) is 32.4 Å². The predicted octanol–water partition coefficient (Wildman–Crippen LogP) is 4.24. The van der Waals surface area contributed by atoms with Crippen LogP contribution in [0.5, 0.6) is 5.75 Å². The highest BCUT2D eigenvalue weighted by Gasteiger charge is 2.22. The van der Waals surface area contributed by atoms with Crippen molar-refractivity contribution in [3.05, 3.63) is 72.4 Å². The zero-order valence-corrected chi connectivity index (χ0v) is 16.9. The number of para-hydroxylation sites is 2. The summed E-state index contributed by atoms with van der Waals surface area (Å²) in [5.74, 6) is 1.93. The first-order chi connectivity index (χ1) is 14.3. The molecule has 0 bridgehead atoms. The van der Waals surface area contributed by atoms with Crippen LogP contribution in [-0.4, -0.2) is 41.6 Å². The van der Waals surface area contributed by atoms with Crippen molar-refractivity contribution in [2.24, 2.45) is 4.99 Å². The summed E-state index contributed by atoms with van der Waals surface area (Å²) in [4.78, 5) is 11.7. The number of ether oxygens (including phenoxy) is 1. The molecule has 5 heteroatoms. The van der Waals surface area contributed by atoms with E-state index in [0.29, 0.717) is 6.54 Å². The Morgan fingerprint density at radius 3 is 2.62 bits per heavy atom. The molecule has 0 radical (unpaired) electrons. The minimum atomic E-state index is 0.265. The number of piperidine rings is 1. The molecule has 2 aromatic carbocycles. The Balaban J connectivity index is 1.41. The van der Waals surface area contributed by atoms with Gasteiger partial charge in [0.25, 0.3) is 0 Å². The van der Waals surface area contributed by atoms with E-state index >= 15 is 0 Å². The predicted molar refractivity (Wildman–Crippen MR) is 118 cm³/mol. The zero-order valence-electron chi connectivity index (χ0n) is 16.9. The number of fused-ring (bicyclic) bond motifs is 1. The van der Waals surface area contributed by atoms with Gasteiger partial charge in [-0.1, -0.05) is 36.4 Å². The number of aliphatic imine (C=N–C) groups is 1. The molecule has 1 saturated heterocycles. The van der Waals surface area contributed by atoms with Gasteiger partial charge in [-0.3, -0.25) is 4.98 Å². The van der Waals surface area contributed by atoms with Crippen molar-refractivity contribution in [3.63, 3.8) is 0 Å². The van der Waals surface area contributed by atoms with Gasteiger partial charge >= 0.3 is 0 Å². The van der Waals surface area contributed by atoms with Crippen LogP contribution in [-0.2, 0) is 6.54 Å². The second-order valence-electron chi connectivity index (χ2n) is 7.27. The normalized spacial score (nSPS) is 15.5. The summed E-state index contributed by atoms with van der Waals surface area (Å²) in [6.07, 6.45) is 4.13. The number of nitrogens with zero attached hydrogens (tertiary/aromatic N) is 3. The van der Waals surface area contributed by atoms with Crippen molar-refractivity contribution >= 4 is 16.9 Å². The van der Waals surface area contributed by atoms with Crippen molar-refractivity contribution in [3.8, 4) is 5.75 Å². The molecule has 0 aliphatic carbocycles. The van der Waals surface area contributed by atoms with Gasteiger partial charge < -0.3 is 15.0 Å². The standard InChI is InChI=1S/C24H28N4O/c1-2-25-24(27-18-19-12-15-26-23-11-7-6-10-22(19)23)28-16-13-21(14-17-28)29-20-8-4-3-5-9-20/h3-12,15,21H,2,13-14,16-18H2,1H3,(H,25,27). The lowest BCUT2D eigenvalue weighted by molar-refractivity contribution is 0.129. The van der Waals surface area contributed by atoms with E-state index in [-0.39, 0.29) is 6.10 Å². The van der Waals surface area contributed by atoms with E-state index in [1.165, 1.54) is 10.9 Å². The van der Waals surface area contributed by atoms with Crippen LogP contribution in [0.25, 0.3) is 10.9 Å². The molecule has 5 nitrogen and oxygen atoms in total. The SMILES string of the molecule is CCNC(=NCc1ccnc2ccccc12)N1CCC(Oc2ccccc2)CC1. The largest absolute Gasteiger partial charge is 0.490 e. The van der Waals surface area contributed by atoms with Crippen LogP contribution in [0, 0.1) is 0 Å². The van der Waals surface area contributed by atoms with Crippen molar-refractivity contribution in [1.29, 1.82) is 0 Å². The molecule has 0 unspecified atom stereocenters. The van der Waals surface area contributed by atoms with Gasteiger partial charge in [0, 0.05) is 44.1 Å². The zero-order chi connectivity index (χ0) is 19.9. The highest BCUT2D eigenvalue weighted by Crippen LogP contribution is 2.20. The van der Waals surface area contributed by atoms with Crippen molar-refractivity contribution < 1.29 is 4.74 Å². The number of likely N-dealkylation sites (tertiary alicyclic amines) is 1. The van der Waals surface area contributed by atoms with Crippen molar-refractivity contribution in [1.82, 2.24) is 15.2 Å². The van der Waals surface area contributed by atoms with Crippen LogP contribution in [0.2, 0.25) is 0 Å². The summed E-state index contributed by atoms with van der Waals surface area (Å²) in [7, 11) is 0. The van der Waals surface area contributed by atoms with Gasteiger partial charge in [-0.25, -0.2) is 4.99 Å². The molecule has 0 atom stereocenters. The summed E-state index contributed by atoms with van der Waals surface area (Å²) in [5.41, 5.74) is 2.22. The monoisotopic (exact) mass is 388 g/mol. The summed E-state index contributed by atoms with van der Waals surface area (Å²) < 4.78 is 6.13. The van der Waals surface area contributed by atoms with Crippen LogP contribution in [0.3, 0.4) is 0 Å². The Hall–Kier alpha value is -3.08. The van der Waals surface area contributed by atoms with Gasteiger partial charge in [0.1, 0.15) is 11.9 Å². The van der Waals surface area contributed by atoms with Crippen molar-refractivity contribution in [2.75, 3.05) is 19.6 Å². The topological polar surface area (TPSA) is 49.8 Å². The highest BCUT2D eigenvalue weighted by molar-refractivity contribution is 5.83. The Kier molecular flexibility index (Phi) is 6.25. The van der Waals surface area contributed by atoms with E-state index in [1.54, 1.807) is 0 Å². The van der Waals surface area contributed by atoms with Crippen LogP contribution >= 0.6 is 0 Å². The average Bonchev–Trinajstić information content (AvgIpc) is 2.78. The summed E-state index contributed by atoms with van der Waals surface area (Å²) in [6, 6.07) is 20.4. The first-order valence-electron chi connectivity index (χ1n) is 10.4. The molecule has 150 valence electrons. The maximum atomic E-state index is 6.13. The Morgan fingerprint density at radius 2 is 1.83 bits per heavy atom. The van der Waals surface area contributed by atoms with Gasteiger partial charge in [-0.05, 0) is 36.8 Å². The van der Waals surface area contributed by atoms with Gasteiger partial charge in [0.15, 0.2) is 5.96 Å². The minimum absolute atomic E-state index is 0.265. The van der Waals surface area contributed by atoms with Gasteiger partial charge in [-0.15, -0.1) is 0 Å². The lowest BCUT2D eigenvalue weighted by Crippen LogP contribution is -2.47. The number of benzene rings is 2. The number of pyridine rings is 1. The van der Waals surface area contributed by atoms with Crippen LogP contribution in [0.4, 0.5) is 0 Å². The first-order valence-corrected chi connectivity index (χ1v) is 10.4. The first kappa shape index (κ1) is 19.2. The number of hydrogen-bond acceptors (Lipinski definition) is 3. The molecule has 0 saturated carbocycles. The van der Waals surface area contributed by atoms with Gasteiger partial charge in [0.2, 0.25) is 0 Å². The van der Waals surface area contributed by atoms with E-state index in [4.69, 9.17) is 9.73 Å². The van der Waals surface area contributed by atoms with E-state index in [1.807, 2.05) is 48.7 Å². The molecule has 29 heavy (non-hydrogen) atoms. The molecule has 1 N–H and O–H groups in total. The third-order valence-electron chi connectivity index (χ3n) is 5.26. The number of aromatic nitrogens is 1. The molecular weight excluding hydrogens is 360 g/mol. The minimum Gasteiger partial charge on any atom is -0.490 e. The third kappa shape index (κ3) is 4.86. The van der Waals surface area contributed by atoms with E-state index < -0.39 is 0 Å². The number of guanidine groups is 1. The Bertz CT molecular complexity index is 944. The molecule has 2 heterocycles. The summed E-state index contributed by atoms with van der Waals surface area (Å²) in [5, 5.41) is 4.63. The molecule has 4 rings (SSSR count). The smallest absolute Gasteiger partial charge is 0.194 e. The van der Waals surface area contributed by atoms with Crippen LogP contribution in [0.1, 0.15) is 25.3 Å². The van der Waals surface area contributed by atoms with Crippen LogP contribution in [0.15, 0.2) is 71.9 Å². The average molecular weight is 389 g/mol. The number of hydrogen-bond donors (Lipinski definition) is 1. The van der Waals surface area contributed by atoms with Gasteiger partial charge in [-0.2, -0.15) is 0 Å². The van der Waals surface area contributed by atoms with E-state index in [2.05, 4.69) is 40.3 Å². The fourth-order valence-electron chi connectivity index (χ4n) is 3.76. The number of rotatable bonds is 5. The lowest BCUT2D eigenvalue weighted by atomic mass is 10.1. The second kappa shape index (κ2) is 9.41. The highest BCUT2D eigenvalue weighted by atomic mass is 16.5. The lowest BCUT2D eigenvalue weighted by Gasteiger charge is -2.34. The second-order valence-corrected chi connectivity index (χ2v) is 7.27. The molecule has 1 fully saturated rings. The van der Waals surface area contributed by atoms with Gasteiger partial charge in [0.05, 0.1) is 12.1 Å². The maximum Gasteiger partial charge on any atom is 0.194 e.